The Morgan fingerprint density at radius 3 is 2.57 bits per heavy atom. The minimum absolute atomic E-state index is 0.236. The van der Waals surface area contributed by atoms with E-state index in [0.29, 0.717) is 17.2 Å². The van der Waals surface area contributed by atoms with Crippen molar-refractivity contribution in [2.24, 2.45) is 5.73 Å². The lowest BCUT2D eigenvalue weighted by atomic mass is 10.1. The van der Waals surface area contributed by atoms with Gasteiger partial charge in [0.25, 0.3) is 0 Å². The van der Waals surface area contributed by atoms with Gasteiger partial charge < -0.3 is 9.47 Å². The summed E-state index contributed by atoms with van der Waals surface area (Å²) in [6.45, 7) is 1.80. The van der Waals surface area contributed by atoms with Crippen molar-refractivity contribution in [3.8, 4) is 11.5 Å². The first-order valence-corrected chi connectivity index (χ1v) is 5.96. The van der Waals surface area contributed by atoms with Crippen LogP contribution in [-0.2, 0) is 0 Å². The van der Waals surface area contributed by atoms with Gasteiger partial charge in [0.1, 0.15) is 0 Å². The molecule has 0 unspecified atom stereocenters. The highest BCUT2D eigenvalue weighted by molar-refractivity contribution is 5.71. The van der Waals surface area contributed by atoms with Crippen molar-refractivity contribution < 1.29 is 19.6 Å². The first-order valence-electron chi connectivity index (χ1n) is 5.96. The van der Waals surface area contributed by atoms with Gasteiger partial charge in [0.2, 0.25) is 5.03 Å². The molecular weight excluding hydrogens is 278 g/mol. The third-order valence-corrected chi connectivity index (χ3v) is 2.53. The number of allylic oxidation sites excluding steroid dienone is 1. The van der Waals surface area contributed by atoms with Gasteiger partial charge in [0.05, 0.1) is 19.9 Å². The largest absolute Gasteiger partial charge is 0.493 e. The van der Waals surface area contributed by atoms with E-state index in [1.807, 2.05) is 6.07 Å². The van der Waals surface area contributed by atoms with Gasteiger partial charge in [-0.2, -0.15) is 5.10 Å². The third kappa shape index (κ3) is 4.56. The lowest BCUT2D eigenvalue weighted by Gasteiger charge is -2.11. The molecule has 0 amide bonds. The van der Waals surface area contributed by atoms with Crippen LogP contribution in [0.5, 0.6) is 11.5 Å². The smallest absolute Gasteiger partial charge is 0.425 e. The molecule has 5 N–H and O–H groups in total. The van der Waals surface area contributed by atoms with Crippen LogP contribution in [0.1, 0.15) is 12.5 Å². The Morgan fingerprint density at radius 1 is 1.38 bits per heavy atom. The van der Waals surface area contributed by atoms with Gasteiger partial charge in [-0.05, 0) is 25.1 Å². The van der Waals surface area contributed by atoms with Crippen LogP contribution in [0.3, 0.4) is 0 Å². The van der Waals surface area contributed by atoms with Crippen LogP contribution in [0, 0.1) is 10.1 Å². The fourth-order valence-electron chi connectivity index (χ4n) is 1.58. The molecule has 0 heterocycles. The second-order valence-corrected chi connectivity index (χ2v) is 3.80. The van der Waals surface area contributed by atoms with E-state index in [1.54, 1.807) is 37.7 Å². The fraction of sp³-hybridized carbons (Fsp3) is 0.250. The fourth-order valence-corrected chi connectivity index (χ4v) is 1.58. The Morgan fingerprint density at radius 2 is 2.05 bits per heavy atom. The third-order valence-electron chi connectivity index (χ3n) is 2.53. The van der Waals surface area contributed by atoms with Crippen LogP contribution in [-0.4, -0.2) is 25.2 Å². The highest BCUT2D eigenvalue weighted by atomic mass is 16.7. The number of nitrogens with two attached hydrogens (primary N) is 1. The van der Waals surface area contributed by atoms with Gasteiger partial charge >= 0.3 is 5.96 Å². The van der Waals surface area contributed by atoms with Gasteiger partial charge in [-0.1, -0.05) is 6.08 Å². The normalized spacial score (nSPS) is 11.8. The number of hydrogen-bond donors (Lipinski definition) is 4. The van der Waals surface area contributed by atoms with Crippen molar-refractivity contribution in [3.63, 3.8) is 0 Å². The summed E-state index contributed by atoms with van der Waals surface area (Å²) in [5.74, 6) is 0.933. The lowest BCUT2D eigenvalue weighted by Crippen LogP contribution is -2.86. The number of hydrogen-bond acceptors (Lipinski definition) is 5. The van der Waals surface area contributed by atoms with Crippen LogP contribution in [0.25, 0.3) is 5.70 Å². The summed E-state index contributed by atoms with van der Waals surface area (Å²) < 4.78 is 10.4. The summed E-state index contributed by atoms with van der Waals surface area (Å²) in [4.78, 5) is 10.2. The Hall–Kier alpha value is -2.97. The number of nitrogens with one attached hydrogen (secondary N) is 3. The summed E-state index contributed by atoms with van der Waals surface area (Å²) >= 11 is 0. The van der Waals surface area contributed by atoms with Crippen molar-refractivity contribution in [3.05, 3.63) is 40.0 Å². The molecule has 1 rings (SSSR count). The van der Waals surface area contributed by atoms with Crippen LogP contribution < -0.4 is 31.2 Å². The minimum Gasteiger partial charge on any atom is -0.493 e. The molecule has 21 heavy (non-hydrogen) atoms. The van der Waals surface area contributed by atoms with Crippen LogP contribution in [0.4, 0.5) is 0 Å². The van der Waals surface area contributed by atoms with Crippen LogP contribution in [0.2, 0.25) is 0 Å². The molecule has 0 aliphatic rings. The number of nitrogens with zero attached hydrogens (tertiary/aromatic N) is 1. The average Bonchev–Trinajstić information content (AvgIpc) is 2.46. The van der Waals surface area contributed by atoms with Crippen molar-refractivity contribution in [1.82, 2.24) is 10.9 Å². The summed E-state index contributed by atoms with van der Waals surface area (Å²) in [6.07, 6.45) is 1.77. The number of methoxy groups -OCH3 is 2. The summed E-state index contributed by atoms with van der Waals surface area (Å²) in [5, 5.41) is 11.9. The number of rotatable bonds is 6. The molecule has 9 nitrogen and oxygen atoms in total. The Kier molecular flexibility index (Phi) is 5.80. The van der Waals surface area contributed by atoms with E-state index in [0.717, 1.165) is 5.56 Å². The molecule has 1 aromatic carbocycles. The maximum Gasteiger partial charge on any atom is 0.425 e. The number of hydrazine groups is 2. The average molecular weight is 296 g/mol. The zero-order valence-electron chi connectivity index (χ0n) is 12.0. The molecule has 114 valence electrons. The SMILES string of the molecule is C/C=C(\N[NH+]=C(N)N[N+](=O)[O-])c1ccc(OC)c(OC)c1. The predicted molar refractivity (Wildman–Crippen MR) is 76.6 cm³/mol. The van der Waals surface area contributed by atoms with E-state index in [1.165, 1.54) is 7.11 Å². The topological polar surface area (TPSA) is 126 Å². The van der Waals surface area contributed by atoms with E-state index in [4.69, 9.17) is 15.2 Å². The molecule has 0 bridgehead atoms. The summed E-state index contributed by atoms with van der Waals surface area (Å²) in [7, 11) is 3.09. The molecule has 0 aliphatic carbocycles. The summed E-state index contributed by atoms with van der Waals surface area (Å²) in [5.41, 5.74) is 11.4. The molecule has 0 aliphatic heterocycles. The van der Waals surface area contributed by atoms with Crippen molar-refractivity contribution in [2.75, 3.05) is 14.2 Å². The Labute approximate surface area is 121 Å². The number of ether oxygens (including phenoxy) is 2. The van der Waals surface area contributed by atoms with Crippen molar-refractivity contribution in [2.45, 2.75) is 6.92 Å². The van der Waals surface area contributed by atoms with E-state index in [-0.39, 0.29) is 5.96 Å². The second kappa shape index (κ2) is 7.58. The minimum atomic E-state index is -0.768. The van der Waals surface area contributed by atoms with Crippen LogP contribution >= 0.6 is 0 Å². The van der Waals surface area contributed by atoms with E-state index in [9.17, 15) is 10.1 Å². The van der Waals surface area contributed by atoms with Gasteiger partial charge in [-0.3, -0.25) is 11.2 Å². The van der Waals surface area contributed by atoms with Gasteiger partial charge in [-0.25, -0.2) is 10.1 Å². The second-order valence-electron chi connectivity index (χ2n) is 3.80. The zero-order chi connectivity index (χ0) is 15.8. The first-order chi connectivity index (χ1) is 10.0. The standard InChI is InChI=1S/C12H17N5O4/c1-4-9(14-15-12(13)16-17(18)19)8-5-6-10(20-2)11(7-8)21-3/h4-7,14H,1-3H3,(H3,13,15,16)/p+1/b9-4-. The number of hydrazone groups is 1. The van der Waals surface area contributed by atoms with Crippen LogP contribution in [0.15, 0.2) is 24.3 Å². The van der Waals surface area contributed by atoms with E-state index < -0.39 is 5.03 Å². The maximum absolute atomic E-state index is 10.2. The molecule has 0 saturated heterocycles. The Balaban J connectivity index is 2.94. The molecule has 0 radical (unpaired) electrons. The van der Waals surface area contributed by atoms with E-state index in [2.05, 4.69) is 10.5 Å². The lowest BCUT2D eigenvalue weighted by molar-refractivity contribution is -0.561. The van der Waals surface area contributed by atoms with Gasteiger partial charge in [0, 0.05) is 11.0 Å². The van der Waals surface area contributed by atoms with Crippen molar-refractivity contribution >= 4 is 11.7 Å². The number of guanidine groups is 1. The molecule has 1 aromatic rings. The number of nitro groups is 1. The molecule has 0 fully saturated rings. The highest BCUT2D eigenvalue weighted by Crippen LogP contribution is 2.29. The monoisotopic (exact) mass is 296 g/mol. The molecule has 0 spiro atoms. The Bertz CT molecular complexity index is 571. The van der Waals surface area contributed by atoms with Gasteiger partial charge in [0.15, 0.2) is 11.5 Å². The first kappa shape index (κ1) is 16.1. The molecule has 0 atom stereocenters. The predicted octanol–water partition coefficient (Wildman–Crippen LogP) is -1.25. The molecular formula is C12H18N5O4+. The summed E-state index contributed by atoms with van der Waals surface area (Å²) in [6, 6.07) is 5.32. The molecule has 0 saturated carbocycles. The highest BCUT2D eigenvalue weighted by Gasteiger charge is 2.10. The zero-order valence-corrected chi connectivity index (χ0v) is 12.0. The van der Waals surface area contributed by atoms with E-state index >= 15 is 0 Å². The number of benzene rings is 1. The molecule has 9 heteroatoms. The quantitative estimate of drug-likeness (QED) is 0.223. The maximum atomic E-state index is 10.2. The van der Waals surface area contributed by atoms with Crippen molar-refractivity contribution in [1.29, 1.82) is 0 Å². The molecule has 0 aromatic heterocycles. The van der Waals surface area contributed by atoms with Gasteiger partial charge in [-0.15, -0.1) is 0 Å².